The van der Waals surface area contributed by atoms with E-state index < -0.39 is 110 Å². The van der Waals surface area contributed by atoms with Crippen molar-refractivity contribution in [2.45, 2.75) is 99.4 Å². The Morgan fingerprint density at radius 1 is 0.875 bits per heavy atom. The van der Waals surface area contributed by atoms with Gasteiger partial charge in [0.1, 0.15) is 80.0 Å². The molecule has 1 saturated carbocycles. The van der Waals surface area contributed by atoms with Crippen molar-refractivity contribution in [2.24, 2.45) is 0 Å². The van der Waals surface area contributed by atoms with Crippen LogP contribution >= 0.6 is 0 Å². The molecular weight excluding hydrogens is 650 g/mol. The molecule has 1 aromatic carbocycles. The molecule has 3 aliphatic rings. The van der Waals surface area contributed by atoms with Crippen molar-refractivity contribution in [2.75, 3.05) is 20.0 Å². The number of carbonyl (C=O) groups excluding carboxylic acids is 2. The summed E-state index contributed by atoms with van der Waals surface area (Å²) >= 11 is 0. The first-order valence-corrected chi connectivity index (χ1v) is 14.8. The summed E-state index contributed by atoms with van der Waals surface area (Å²) in [6.07, 6.45) is -16.6. The maximum atomic E-state index is 12.7. The molecule has 0 aromatic heterocycles. The van der Waals surface area contributed by atoms with Crippen LogP contribution in [0, 0.1) is 0 Å². The van der Waals surface area contributed by atoms with Gasteiger partial charge in [-0.25, -0.2) is 0 Å². The number of rotatable bonds is 11. The predicted octanol–water partition coefficient (Wildman–Crippen LogP) is -6.05. The second-order valence-corrected chi connectivity index (χ2v) is 11.5. The summed E-state index contributed by atoms with van der Waals surface area (Å²) in [4.78, 5) is 24.2. The predicted molar refractivity (Wildman–Crippen MR) is 157 cm³/mol. The van der Waals surface area contributed by atoms with Crippen LogP contribution in [-0.2, 0) is 23.8 Å². The van der Waals surface area contributed by atoms with Crippen LogP contribution in [0.3, 0.4) is 0 Å². The van der Waals surface area contributed by atoms with Gasteiger partial charge >= 0.3 is 0 Å². The number of ether oxygens (including phenoxy) is 4. The van der Waals surface area contributed by atoms with Gasteiger partial charge in [0, 0.05) is 5.57 Å². The minimum absolute atomic E-state index is 0.0921. The van der Waals surface area contributed by atoms with Crippen LogP contribution in [0.25, 0.3) is 6.08 Å². The lowest BCUT2D eigenvalue weighted by atomic mass is 9.83. The van der Waals surface area contributed by atoms with Crippen molar-refractivity contribution in [1.82, 2.24) is 5.32 Å². The fourth-order valence-corrected chi connectivity index (χ4v) is 5.14. The van der Waals surface area contributed by atoms with Gasteiger partial charge in [0.15, 0.2) is 17.3 Å². The lowest BCUT2D eigenvalue weighted by Gasteiger charge is -2.41. The zero-order valence-corrected chi connectivity index (χ0v) is 25.8. The molecule has 1 aliphatic carbocycles. The van der Waals surface area contributed by atoms with Crippen molar-refractivity contribution in [1.29, 1.82) is 0 Å². The molecule has 2 saturated heterocycles. The summed E-state index contributed by atoms with van der Waals surface area (Å²) in [5.41, 5.74) is 0.545. The van der Waals surface area contributed by atoms with Crippen molar-refractivity contribution >= 4 is 17.8 Å². The smallest absolute Gasteiger partial charge is 0.247 e. The second kappa shape index (κ2) is 17.2. The molecule has 1 aromatic rings. The molecule has 0 bridgehead atoms. The average molecular weight is 694 g/mol. The minimum Gasteiger partial charge on any atom is -0.504 e. The van der Waals surface area contributed by atoms with Gasteiger partial charge in [-0.05, 0) is 37.6 Å². The maximum absolute atomic E-state index is 12.7. The van der Waals surface area contributed by atoms with E-state index in [0.29, 0.717) is 5.56 Å². The molecule has 272 valence electrons. The number of Topliss-reactive ketones (excluding diaryl/α,β-unsaturated/α-hetero) is 1. The van der Waals surface area contributed by atoms with Gasteiger partial charge in [-0.2, -0.15) is 0 Å². The Hall–Kier alpha value is -2.86. The summed E-state index contributed by atoms with van der Waals surface area (Å²) in [7, 11) is 0. The van der Waals surface area contributed by atoms with Crippen LogP contribution in [0.2, 0.25) is 0 Å². The summed E-state index contributed by atoms with van der Waals surface area (Å²) in [5, 5.41) is 116. The van der Waals surface area contributed by atoms with Crippen molar-refractivity contribution in [3.8, 4) is 11.5 Å². The highest BCUT2D eigenvalue weighted by Crippen LogP contribution is 2.33. The number of nitrogens with one attached hydrogen (secondary N) is 1. The Bertz CT molecular complexity index is 1250. The summed E-state index contributed by atoms with van der Waals surface area (Å²) in [6.45, 7) is 1.07. The first-order valence-electron chi connectivity index (χ1n) is 14.8. The van der Waals surface area contributed by atoms with E-state index in [0.717, 1.165) is 0 Å². The SMILES string of the molecule is CC(=O)[C@H]1O[C@@H](Oc2ccc(/C=C(\C)C(=O)N[C@H]3[C@@H](O)[C@H](O)[C@@H]4OCO[C@@H]4[C@H]3O)cc2O)[C@@H](O)[C@@H]1O.OC[C@@H](O)[C@@H](O)[C@H](O)[C@@H](O)CO. The highest BCUT2D eigenvalue weighted by Gasteiger charge is 2.53. The third-order valence-electron chi connectivity index (χ3n) is 8.00. The number of benzene rings is 1. The maximum Gasteiger partial charge on any atom is 0.247 e. The third kappa shape index (κ3) is 9.02. The highest BCUT2D eigenvalue weighted by atomic mass is 16.7. The van der Waals surface area contributed by atoms with E-state index in [-0.39, 0.29) is 23.9 Å². The molecule has 19 nitrogen and oxygen atoms in total. The fraction of sp³-hybridized carbons (Fsp3) is 0.655. The van der Waals surface area contributed by atoms with E-state index in [1.165, 1.54) is 38.1 Å². The molecule has 14 atom stereocenters. The van der Waals surface area contributed by atoms with Gasteiger partial charge < -0.3 is 85.5 Å². The summed E-state index contributed by atoms with van der Waals surface area (Å²) < 4.78 is 21.1. The molecule has 48 heavy (non-hydrogen) atoms. The molecule has 1 amide bonds. The van der Waals surface area contributed by atoms with Crippen molar-refractivity contribution in [3.63, 3.8) is 0 Å². The number of carbonyl (C=O) groups is 2. The van der Waals surface area contributed by atoms with Crippen LogP contribution in [0.15, 0.2) is 23.8 Å². The average Bonchev–Trinajstić information content (AvgIpc) is 3.67. The zero-order valence-electron chi connectivity index (χ0n) is 25.8. The number of aromatic hydroxyl groups is 1. The van der Waals surface area contributed by atoms with E-state index >= 15 is 0 Å². The Balaban J connectivity index is 0.000000444. The van der Waals surface area contributed by atoms with E-state index in [2.05, 4.69) is 5.32 Å². The van der Waals surface area contributed by atoms with E-state index in [9.17, 15) is 40.2 Å². The van der Waals surface area contributed by atoms with Crippen LogP contribution in [0.1, 0.15) is 19.4 Å². The molecule has 2 heterocycles. The number of hydrogen-bond donors (Lipinski definition) is 13. The monoisotopic (exact) mass is 693 g/mol. The molecule has 0 radical (unpaired) electrons. The van der Waals surface area contributed by atoms with E-state index in [1.807, 2.05) is 0 Å². The molecule has 4 rings (SSSR count). The van der Waals surface area contributed by atoms with Crippen molar-refractivity contribution < 1.29 is 89.8 Å². The van der Waals surface area contributed by atoms with Crippen LogP contribution in [-0.4, -0.2) is 179 Å². The van der Waals surface area contributed by atoms with Gasteiger partial charge in [0.25, 0.3) is 0 Å². The molecule has 19 heteroatoms. The van der Waals surface area contributed by atoms with Crippen molar-refractivity contribution in [3.05, 3.63) is 29.3 Å². The fourth-order valence-electron chi connectivity index (χ4n) is 5.14. The standard InChI is InChI=1S/C23H29NO12.C6H14O6/c1-8(22(32)24-13-14(27)16(29)21-20(15(13)28)33-7-34-21)5-10-3-4-12(11(26)6-10)35-23-18(31)17(30)19(36-23)9(2)25;7-1-3(9)5(11)6(12)4(10)2-8/h3-6,13-21,23,26-31H,7H2,1-2H3,(H,24,32);3-12H,1-2H2/b8-5+;/t13-,14+,15-,16-,17-,18-,19+,20+,21-,23+;3-,4+,5-,6-/m01/s1. The first kappa shape index (κ1) is 39.6. The lowest BCUT2D eigenvalue weighted by Crippen LogP contribution is -2.67. The van der Waals surface area contributed by atoms with E-state index in [4.69, 9.17) is 49.6 Å². The Morgan fingerprint density at radius 2 is 1.44 bits per heavy atom. The number of hydrogen-bond acceptors (Lipinski definition) is 18. The van der Waals surface area contributed by atoms with Gasteiger partial charge in [0.2, 0.25) is 12.2 Å². The van der Waals surface area contributed by atoms with Crippen LogP contribution < -0.4 is 10.1 Å². The Labute approximate surface area is 273 Å². The van der Waals surface area contributed by atoms with Gasteiger partial charge in [-0.3, -0.25) is 9.59 Å². The number of phenols is 1. The number of aliphatic hydroxyl groups is 11. The lowest BCUT2D eigenvalue weighted by molar-refractivity contribution is -0.155. The minimum atomic E-state index is -1.67. The largest absolute Gasteiger partial charge is 0.504 e. The number of amides is 1. The first-order chi connectivity index (χ1) is 22.5. The second-order valence-electron chi connectivity index (χ2n) is 11.5. The highest BCUT2D eigenvalue weighted by molar-refractivity contribution is 5.97. The number of aliphatic hydroxyl groups excluding tert-OH is 11. The third-order valence-corrected chi connectivity index (χ3v) is 8.00. The van der Waals surface area contributed by atoms with Crippen LogP contribution in [0.5, 0.6) is 11.5 Å². The number of fused-ring (bicyclic) bond motifs is 1. The molecule has 3 fully saturated rings. The molecule has 0 spiro atoms. The Kier molecular flexibility index (Phi) is 14.2. The van der Waals surface area contributed by atoms with Gasteiger partial charge in [-0.15, -0.1) is 0 Å². The molecule has 13 N–H and O–H groups in total. The van der Waals surface area contributed by atoms with Gasteiger partial charge in [0.05, 0.1) is 19.3 Å². The molecule has 2 aliphatic heterocycles. The zero-order chi connectivity index (χ0) is 36.0. The van der Waals surface area contributed by atoms with Crippen LogP contribution in [0.4, 0.5) is 0 Å². The number of phenolic OH excluding ortho intramolecular Hbond substituents is 1. The normalized spacial score (nSPS) is 34.2. The number of ketones is 1. The topological polar surface area (TPSA) is 326 Å². The quantitative estimate of drug-likeness (QED) is 0.0959. The molecule has 0 unspecified atom stereocenters. The molecular formula is C29H43NO18. The van der Waals surface area contributed by atoms with Gasteiger partial charge in [-0.1, -0.05) is 6.07 Å². The summed E-state index contributed by atoms with van der Waals surface area (Å²) in [5.74, 6) is -1.59. The summed E-state index contributed by atoms with van der Waals surface area (Å²) in [6, 6.07) is 2.90. The van der Waals surface area contributed by atoms with E-state index in [1.54, 1.807) is 0 Å². The Morgan fingerprint density at radius 3 is 1.94 bits per heavy atom.